The van der Waals surface area contributed by atoms with Crippen molar-refractivity contribution >= 4 is 17.7 Å². The van der Waals surface area contributed by atoms with E-state index >= 15 is 0 Å². The third-order valence-electron chi connectivity index (χ3n) is 5.01. The number of allylic oxidation sites excluding steroid dienone is 1. The van der Waals surface area contributed by atoms with Crippen LogP contribution < -0.4 is 5.32 Å². The number of ether oxygens (including phenoxy) is 1. The molecule has 1 aliphatic carbocycles. The van der Waals surface area contributed by atoms with E-state index in [1.807, 2.05) is 48.5 Å². The summed E-state index contributed by atoms with van der Waals surface area (Å²) in [5, 5.41) is 3.06. The second kappa shape index (κ2) is 8.23. The van der Waals surface area contributed by atoms with Gasteiger partial charge in [-0.15, -0.1) is 0 Å². The van der Waals surface area contributed by atoms with Crippen molar-refractivity contribution in [1.82, 2.24) is 4.90 Å². The highest BCUT2D eigenvalue weighted by Gasteiger charge is 2.29. The molecule has 138 valence electrons. The number of hydrogen-bond acceptors (Lipinski definition) is 3. The number of amides is 1. The first-order chi connectivity index (χ1) is 13.3. The van der Waals surface area contributed by atoms with E-state index in [4.69, 9.17) is 4.74 Å². The highest BCUT2D eigenvalue weighted by molar-refractivity contribution is 6.05. The van der Waals surface area contributed by atoms with Crippen molar-refractivity contribution in [3.63, 3.8) is 0 Å². The fourth-order valence-corrected chi connectivity index (χ4v) is 3.71. The summed E-state index contributed by atoms with van der Waals surface area (Å²) >= 11 is 0. The van der Waals surface area contributed by atoms with E-state index in [0.29, 0.717) is 13.2 Å². The van der Waals surface area contributed by atoms with Crippen LogP contribution in [-0.2, 0) is 9.53 Å². The Hall–Kier alpha value is -2.85. The maximum Gasteiger partial charge on any atom is 0.253 e. The first kappa shape index (κ1) is 17.6. The Bertz CT molecular complexity index is 850. The summed E-state index contributed by atoms with van der Waals surface area (Å²) in [4.78, 5) is 15.3. The van der Waals surface area contributed by atoms with Crippen LogP contribution >= 0.6 is 0 Å². The molecule has 1 amide bonds. The first-order valence-corrected chi connectivity index (χ1v) is 9.49. The van der Waals surface area contributed by atoms with Crippen LogP contribution in [0.15, 0.2) is 77.5 Å². The molecule has 0 radical (unpaired) electrons. The monoisotopic (exact) mass is 360 g/mol. The van der Waals surface area contributed by atoms with Crippen LogP contribution in [0.2, 0.25) is 0 Å². The molecule has 0 atom stereocenters. The number of benzene rings is 2. The van der Waals surface area contributed by atoms with Gasteiger partial charge in [0, 0.05) is 30.0 Å². The lowest BCUT2D eigenvalue weighted by atomic mass is 10.1. The summed E-state index contributed by atoms with van der Waals surface area (Å²) in [6.07, 6.45) is 3.87. The molecule has 0 aromatic heterocycles. The molecule has 1 saturated heterocycles. The van der Waals surface area contributed by atoms with Crippen molar-refractivity contribution in [1.29, 1.82) is 0 Å². The first-order valence-electron chi connectivity index (χ1n) is 9.49. The zero-order valence-electron chi connectivity index (χ0n) is 15.4. The lowest BCUT2D eigenvalue weighted by Crippen LogP contribution is -2.36. The molecular weight excluding hydrogens is 336 g/mol. The molecule has 0 saturated carbocycles. The van der Waals surface area contributed by atoms with E-state index < -0.39 is 0 Å². The number of rotatable bonds is 4. The van der Waals surface area contributed by atoms with Crippen molar-refractivity contribution in [2.45, 2.75) is 12.8 Å². The number of carbonyl (C=O) groups is 1. The Morgan fingerprint density at radius 1 is 0.926 bits per heavy atom. The topological polar surface area (TPSA) is 41.6 Å². The lowest BCUT2D eigenvalue weighted by molar-refractivity contribution is -0.113. The van der Waals surface area contributed by atoms with Crippen LogP contribution in [0, 0.1) is 0 Å². The number of anilines is 1. The molecule has 4 rings (SSSR count). The number of nitrogens with one attached hydrogen (secondary N) is 1. The average molecular weight is 360 g/mol. The molecule has 1 heterocycles. The minimum Gasteiger partial charge on any atom is -0.378 e. The predicted octanol–water partition coefficient (Wildman–Crippen LogP) is 4.09. The normalized spacial score (nSPS) is 18.8. The van der Waals surface area contributed by atoms with E-state index in [-0.39, 0.29) is 5.91 Å². The van der Waals surface area contributed by atoms with Gasteiger partial charge < -0.3 is 15.0 Å². The molecule has 4 nitrogen and oxygen atoms in total. The Labute approximate surface area is 160 Å². The Morgan fingerprint density at radius 3 is 2.30 bits per heavy atom. The van der Waals surface area contributed by atoms with Crippen LogP contribution in [0.5, 0.6) is 0 Å². The van der Waals surface area contributed by atoms with Gasteiger partial charge in [-0.25, -0.2) is 0 Å². The molecule has 2 aromatic carbocycles. The van der Waals surface area contributed by atoms with Gasteiger partial charge in [0.15, 0.2) is 0 Å². The summed E-state index contributed by atoms with van der Waals surface area (Å²) in [7, 11) is 0. The Kier molecular flexibility index (Phi) is 5.35. The second-order valence-electron chi connectivity index (χ2n) is 6.83. The highest BCUT2D eigenvalue weighted by Crippen LogP contribution is 2.36. The second-order valence-corrected chi connectivity index (χ2v) is 6.83. The summed E-state index contributed by atoms with van der Waals surface area (Å²) < 4.78 is 5.52. The third-order valence-corrected chi connectivity index (χ3v) is 5.01. The minimum absolute atomic E-state index is 0.000784. The van der Waals surface area contributed by atoms with Gasteiger partial charge >= 0.3 is 0 Å². The molecule has 0 unspecified atom stereocenters. The summed E-state index contributed by atoms with van der Waals surface area (Å²) in [5.41, 5.74) is 5.21. The van der Waals surface area contributed by atoms with Crippen molar-refractivity contribution in [2.75, 3.05) is 31.6 Å². The van der Waals surface area contributed by atoms with Crippen LogP contribution in [0.1, 0.15) is 18.4 Å². The van der Waals surface area contributed by atoms with Crippen LogP contribution in [0.4, 0.5) is 5.69 Å². The number of hydrogen-bond donors (Lipinski definition) is 1. The van der Waals surface area contributed by atoms with E-state index in [2.05, 4.69) is 28.4 Å². The maximum atomic E-state index is 13.0. The van der Waals surface area contributed by atoms with Gasteiger partial charge in [-0.2, -0.15) is 0 Å². The standard InChI is InChI=1S/C23H24N2O2/c26-23(24-20-9-5-2-6-10-20)21-12-11-19(17-18-7-3-1-4-8-18)22(21)25-13-15-27-16-14-25/h1-10,17H,11-16H2,(H,24,26)/b19-17+. The number of carbonyl (C=O) groups excluding carboxylic acids is 1. The van der Waals surface area contributed by atoms with E-state index in [1.54, 1.807) is 0 Å². The quantitative estimate of drug-likeness (QED) is 0.893. The fourth-order valence-electron chi connectivity index (χ4n) is 3.71. The largest absolute Gasteiger partial charge is 0.378 e. The highest BCUT2D eigenvalue weighted by atomic mass is 16.5. The molecule has 2 aromatic rings. The Balaban J connectivity index is 1.67. The van der Waals surface area contributed by atoms with Gasteiger partial charge in [-0.3, -0.25) is 4.79 Å². The fraction of sp³-hybridized carbons (Fsp3) is 0.261. The average Bonchev–Trinajstić information content (AvgIpc) is 3.14. The maximum absolute atomic E-state index is 13.0. The van der Waals surface area contributed by atoms with Crippen molar-refractivity contribution in [2.24, 2.45) is 0 Å². The SMILES string of the molecule is O=C(Nc1ccccc1)C1=C(N2CCOCC2)/C(=C/c2ccccc2)CC1. The molecule has 4 heteroatoms. The van der Waals surface area contributed by atoms with E-state index in [1.165, 1.54) is 11.1 Å². The zero-order valence-corrected chi connectivity index (χ0v) is 15.4. The van der Waals surface area contributed by atoms with Crippen molar-refractivity contribution in [3.05, 3.63) is 83.1 Å². The molecule has 0 bridgehead atoms. The van der Waals surface area contributed by atoms with Crippen LogP contribution in [-0.4, -0.2) is 37.1 Å². The zero-order chi connectivity index (χ0) is 18.5. The van der Waals surface area contributed by atoms with Gasteiger partial charge in [0.2, 0.25) is 0 Å². The van der Waals surface area contributed by atoms with E-state index in [9.17, 15) is 4.79 Å². The number of nitrogens with zero attached hydrogens (tertiary/aromatic N) is 1. The minimum atomic E-state index is -0.000784. The molecule has 1 aliphatic heterocycles. The smallest absolute Gasteiger partial charge is 0.253 e. The van der Waals surface area contributed by atoms with Crippen LogP contribution in [0.3, 0.4) is 0 Å². The van der Waals surface area contributed by atoms with Gasteiger partial charge in [0.1, 0.15) is 0 Å². The lowest BCUT2D eigenvalue weighted by Gasteiger charge is -2.31. The molecule has 0 spiro atoms. The van der Waals surface area contributed by atoms with Gasteiger partial charge in [-0.1, -0.05) is 48.5 Å². The summed E-state index contributed by atoms with van der Waals surface area (Å²) in [5.74, 6) is -0.000784. The molecular formula is C23H24N2O2. The van der Waals surface area contributed by atoms with Gasteiger partial charge in [0.25, 0.3) is 5.91 Å². The molecule has 1 N–H and O–H groups in total. The number of para-hydroxylation sites is 1. The van der Waals surface area contributed by atoms with Crippen LogP contribution in [0.25, 0.3) is 6.08 Å². The van der Waals surface area contributed by atoms with Gasteiger partial charge in [0.05, 0.1) is 13.2 Å². The van der Waals surface area contributed by atoms with Crippen molar-refractivity contribution < 1.29 is 9.53 Å². The summed E-state index contributed by atoms with van der Waals surface area (Å²) in [6, 6.07) is 20.0. The Morgan fingerprint density at radius 2 is 1.59 bits per heavy atom. The predicted molar refractivity (Wildman–Crippen MR) is 108 cm³/mol. The van der Waals surface area contributed by atoms with Crippen molar-refractivity contribution in [3.8, 4) is 0 Å². The summed E-state index contributed by atoms with van der Waals surface area (Å²) in [6.45, 7) is 3.05. The van der Waals surface area contributed by atoms with E-state index in [0.717, 1.165) is 42.9 Å². The third kappa shape index (κ3) is 4.12. The molecule has 1 fully saturated rings. The molecule has 27 heavy (non-hydrogen) atoms. The number of morpholine rings is 1. The van der Waals surface area contributed by atoms with Gasteiger partial charge in [-0.05, 0) is 42.2 Å². The molecule has 2 aliphatic rings.